The molecule has 0 unspecified atom stereocenters. The van der Waals surface area contributed by atoms with Gasteiger partial charge in [0, 0.05) is 13.7 Å². The summed E-state index contributed by atoms with van der Waals surface area (Å²) in [6.45, 7) is 1.14. The normalized spacial score (nSPS) is 17.4. The third-order valence-corrected chi connectivity index (χ3v) is 4.00. The number of anilines is 1. The molecule has 0 atom stereocenters. The van der Waals surface area contributed by atoms with Gasteiger partial charge in [0.2, 0.25) is 0 Å². The van der Waals surface area contributed by atoms with E-state index in [-0.39, 0.29) is 10.6 Å². The van der Waals surface area contributed by atoms with E-state index in [1.54, 1.807) is 7.11 Å². The van der Waals surface area contributed by atoms with Crippen LogP contribution in [0.3, 0.4) is 0 Å². The maximum absolute atomic E-state index is 12.0. The second kappa shape index (κ2) is 6.56. The number of rotatable bonds is 6. The Balaban J connectivity index is 2.05. The highest BCUT2D eigenvalue weighted by atomic mass is 35.5. The van der Waals surface area contributed by atoms with Gasteiger partial charge < -0.3 is 15.2 Å². The fourth-order valence-corrected chi connectivity index (χ4v) is 2.61. The van der Waals surface area contributed by atoms with E-state index in [1.807, 2.05) is 0 Å². The van der Waals surface area contributed by atoms with E-state index in [0.717, 1.165) is 25.7 Å². The van der Waals surface area contributed by atoms with Crippen LogP contribution in [0, 0.1) is 0 Å². The summed E-state index contributed by atoms with van der Waals surface area (Å²) < 4.78 is 6.17. The van der Waals surface area contributed by atoms with Crippen molar-refractivity contribution in [1.29, 1.82) is 0 Å². The van der Waals surface area contributed by atoms with Crippen molar-refractivity contribution in [3.05, 3.63) is 21.6 Å². The largest absolute Gasteiger partial charge is 0.388 e. The molecule has 6 nitrogen and oxygen atoms in total. The summed E-state index contributed by atoms with van der Waals surface area (Å²) in [5.74, 6) is 0. The van der Waals surface area contributed by atoms with Crippen molar-refractivity contribution >= 4 is 17.3 Å². The maximum Gasteiger partial charge on any atom is 0.287 e. The molecule has 1 heterocycles. The molecule has 2 rings (SSSR count). The predicted octanol–water partition coefficient (Wildman–Crippen LogP) is 1.26. The third-order valence-electron chi connectivity index (χ3n) is 3.63. The predicted molar refractivity (Wildman–Crippen MR) is 77.3 cm³/mol. The number of hydrogen-bond acceptors (Lipinski definition) is 5. The molecule has 1 fully saturated rings. The fourth-order valence-electron chi connectivity index (χ4n) is 2.39. The number of halogens is 1. The van der Waals surface area contributed by atoms with Gasteiger partial charge in [0.15, 0.2) is 0 Å². The lowest BCUT2D eigenvalue weighted by atomic mass is 10.0. The van der Waals surface area contributed by atoms with Gasteiger partial charge in [-0.15, -0.1) is 0 Å². The summed E-state index contributed by atoms with van der Waals surface area (Å²) in [5.41, 5.74) is -0.591. The van der Waals surface area contributed by atoms with Gasteiger partial charge in [-0.2, -0.15) is 5.10 Å². The number of aliphatic hydroxyl groups is 1. The van der Waals surface area contributed by atoms with Crippen LogP contribution in [-0.4, -0.2) is 40.7 Å². The molecule has 0 amide bonds. The first-order chi connectivity index (χ1) is 9.56. The average Bonchev–Trinajstić information content (AvgIpc) is 2.87. The van der Waals surface area contributed by atoms with E-state index >= 15 is 0 Å². The monoisotopic (exact) mass is 301 g/mol. The van der Waals surface area contributed by atoms with E-state index in [2.05, 4.69) is 10.4 Å². The molecule has 20 heavy (non-hydrogen) atoms. The summed E-state index contributed by atoms with van der Waals surface area (Å²) in [6, 6.07) is 0. The molecule has 1 aliphatic rings. The zero-order valence-corrected chi connectivity index (χ0v) is 12.3. The van der Waals surface area contributed by atoms with Gasteiger partial charge in [-0.25, -0.2) is 4.68 Å². The molecule has 2 N–H and O–H groups in total. The van der Waals surface area contributed by atoms with Crippen molar-refractivity contribution in [3.8, 4) is 0 Å². The Bertz CT molecular complexity index is 512. The molecule has 1 aromatic heterocycles. The van der Waals surface area contributed by atoms with Crippen molar-refractivity contribution in [2.45, 2.75) is 37.8 Å². The Kier molecular flexibility index (Phi) is 5.01. The van der Waals surface area contributed by atoms with Gasteiger partial charge in [-0.05, 0) is 12.8 Å². The van der Waals surface area contributed by atoms with Crippen LogP contribution in [0.25, 0.3) is 0 Å². The first-order valence-corrected chi connectivity index (χ1v) is 7.14. The molecular formula is C13H20ClN3O3. The Morgan fingerprint density at radius 2 is 2.25 bits per heavy atom. The van der Waals surface area contributed by atoms with Crippen LogP contribution in [0.1, 0.15) is 25.7 Å². The zero-order chi connectivity index (χ0) is 14.6. The lowest BCUT2D eigenvalue weighted by Crippen LogP contribution is -2.34. The molecule has 1 aliphatic carbocycles. The van der Waals surface area contributed by atoms with Crippen molar-refractivity contribution in [1.82, 2.24) is 9.78 Å². The number of aromatic nitrogens is 2. The van der Waals surface area contributed by atoms with Gasteiger partial charge in [0.25, 0.3) is 5.56 Å². The number of methoxy groups -OCH3 is 1. The summed E-state index contributed by atoms with van der Waals surface area (Å²) >= 11 is 6.05. The first kappa shape index (κ1) is 15.3. The Hall–Kier alpha value is -1.11. The van der Waals surface area contributed by atoms with E-state index in [0.29, 0.717) is 25.4 Å². The molecule has 0 spiro atoms. The van der Waals surface area contributed by atoms with Crippen LogP contribution in [0.5, 0.6) is 0 Å². The second-order valence-electron chi connectivity index (χ2n) is 5.18. The molecular weight excluding hydrogens is 282 g/mol. The molecule has 1 saturated carbocycles. The number of ether oxygens (including phenoxy) is 1. The summed E-state index contributed by atoms with van der Waals surface area (Å²) in [5, 5.41) is 17.4. The fraction of sp³-hybridized carbons (Fsp3) is 0.692. The van der Waals surface area contributed by atoms with Crippen LogP contribution in [0.15, 0.2) is 11.0 Å². The molecule has 0 saturated heterocycles. The minimum absolute atomic E-state index is 0.0951. The molecule has 0 aromatic carbocycles. The van der Waals surface area contributed by atoms with Crippen LogP contribution in [-0.2, 0) is 11.3 Å². The van der Waals surface area contributed by atoms with Gasteiger partial charge >= 0.3 is 0 Å². The van der Waals surface area contributed by atoms with E-state index < -0.39 is 5.60 Å². The van der Waals surface area contributed by atoms with Crippen molar-refractivity contribution in [2.24, 2.45) is 0 Å². The van der Waals surface area contributed by atoms with E-state index in [4.69, 9.17) is 16.3 Å². The van der Waals surface area contributed by atoms with Crippen LogP contribution >= 0.6 is 11.6 Å². The summed E-state index contributed by atoms with van der Waals surface area (Å²) in [7, 11) is 1.56. The van der Waals surface area contributed by atoms with Crippen LogP contribution < -0.4 is 10.9 Å². The topological polar surface area (TPSA) is 76.4 Å². The molecule has 0 bridgehead atoms. The Morgan fingerprint density at radius 1 is 1.55 bits per heavy atom. The third kappa shape index (κ3) is 3.50. The summed E-state index contributed by atoms with van der Waals surface area (Å²) in [4.78, 5) is 12.0. The molecule has 0 aliphatic heterocycles. The van der Waals surface area contributed by atoms with Crippen molar-refractivity contribution < 1.29 is 9.84 Å². The smallest absolute Gasteiger partial charge is 0.287 e. The Labute approximate surface area is 122 Å². The highest BCUT2D eigenvalue weighted by molar-refractivity contribution is 6.32. The lowest BCUT2D eigenvalue weighted by molar-refractivity contribution is 0.0614. The zero-order valence-electron chi connectivity index (χ0n) is 11.6. The molecule has 0 radical (unpaired) electrons. The highest BCUT2D eigenvalue weighted by Crippen LogP contribution is 2.30. The van der Waals surface area contributed by atoms with Gasteiger partial charge in [0.05, 0.1) is 30.6 Å². The van der Waals surface area contributed by atoms with Crippen LogP contribution in [0.4, 0.5) is 5.69 Å². The average molecular weight is 302 g/mol. The van der Waals surface area contributed by atoms with Gasteiger partial charge in [0.1, 0.15) is 5.02 Å². The number of nitrogens with one attached hydrogen (secondary N) is 1. The van der Waals surface area contributed by atoms with Crippen LogP contribution in [0.2, 0.25) is 5.02 Å². The summed E-state index contributed by atoms with van der Waals surface area (Å²) in [6.07, 6.45) is 5.12. The lowest BCUT2D eigenvalue weighted by Gasteiger charge is -2.23. The SMILES string of the molecule is COCCn1ncc(NCC2(O)CCCC2)c(Cl)c1=O. The number of nitrogens with zero attached hydrogens (tertiary/aromatic N) is 2. The van der Waals surface area contributed by atoms with E-state index in [1.165, 1.54) is 10.9 Å². The number of hydrogen-bond donors (Lipinski definition) is 2. The highest BCUT2D eigenvalue weighted by Gasteiger charge is 2.31. The van der Waals surface area contributed by atoms with Crippen molar-refractivity contribution in [2.75, 3.05) is 25.6 Å². The van der Waals surface area contributed by atoms with Crippen molar-refractivity contribution in [3.63, 3.8) is 0 Å². The second-order valence-corrected chi connectivity index (χ2v) is 5.56. The quantitative estimate of drug-likeness (QED) is 0.827. The molecule has 1 aromatic rings. The Morgan fingerprint density at radius 3 is 2.90 bits per heavy atom. The molecule has 112 valence electrons. The minimum Gasteiger partial charge on any atom is -0.388 e. The minimum atomic E-state index is -0.700. The van der Waals surface area contributed by atoms with E-state index in [9.17, 15) is 9.90 Å². The maximum atomic E-state index is 12.0. The molecule has 7 heteroatoms. The standard InChI is InChI=1S/C13H20ClN3O3/c1-20-7-6-17-12(18)11(14)10(8-16-17)15-9-13(19)4-2-3-5-13/h8,15,19H,2-7,9H2,1H3. The van der Waals surface area contributed by atoms with Gasteiger partial charge in [-0.3, -0.25) is 4.79 Å². The first-order valence-electron chi connectivity index (χ1n) is 6.76. The van der Waals surface area contributed by atoms with Gasteiger partial charge in [-0.1, -0.05) is 24.4 Å².